The molecule has 2 aromatic rings. The SMILES string of the molecule is O=C(O)c1cccc(C2=C(c3ccc[nH]c3=O)CCC2)n1. The molecule has 5 nitrogen and oxygen atoms in total. The van der Waals surface area contributed by atoms with Crippen LogP contribution in [0.5, 0.6) is 0 Å². The monoisotopic (exact) mass is 282 g/mol. The summed E-state index contributed by atoms with van der Waals surface area (Å²) in [6.07, 6.45) is 4.16. The van der Waals surface area contributed by atoms with Gasteiger partial charge in [-0.3, -0.25) is 4.79 Å². The van der Waals surface area contributed by atoms with Gasteiger partial charge in [0.2, 0.25) is 0 Å². The number of hydrogen-bond acceptors (Lipinski definition) is 3. The van der Waals surface area contributed by atoms with Crippen molar-refractivity contribution in [2.24, 2.45) is 0 Å². The molecule has 0 aromatic carbocycles. The molecule has 1 aliphatic rings. The number of carboxylic acid groups (broad SMARTS) is 1. The first kappa shape index (κ1) is 13.3. The van der Waals surface area contributed by atoms with Crippen LogP contribution in [0.4, 0.5) is 0 Å². The summed E-state index contributed by atoms with van der Waals surface area (Å²) >= 11 is 0. The maximum Gasteiger partial charge on any atom is 0.354 e. The molecule has 0 saturated heterocycles. The number of carboxylic acids is 1. The van der Waals surface area contributed by atoms with E-state index in [2.05, 4.69) is 9.97 Å². The predicted octanol–water partition coefficient (Wildman–Crippen LogP) is 2.56. The summed E-state index contributed by atoms with van der Waals surface area (Å²) in [7, 11) is 0. The largest absolute Gasteiger partial charge is 0.477 e. The second-order valence-electron chi connectivity index (χ2n) is 4.94. The Morgan fingerprint density at radius 1 is 1.14 bits per heavy atom. The summed E-state index contributed by atoms with van der Waals surface area (Å²) in [5.74, 6) is -1.05. The number of nitrogens with zero attached hydrogens (tertiary/aromatic N) is 1. The van der Waals surface area contributed by atoms with Crippen LogP contribution in [0.15, 0.2) is 41.3 Å². The molecule has 0 aliphatic heterocycles. The van der Waals surface area contributed by atoms with Crippen molar-refractivity contribution in [3.8, 4) is 0 Å². The third-order valence-electron chi connectivity index (χ3n) is 3.64. The van der Waals surface area contributed by atoms with E-state index in [-0.39, 0.29) is 11.3 Å². The Morgan fingerprint density at radius 3 is 2.71 bits per heavy atom. The number of aromatic nitrogens is 2. The zero-order valence-electron chi connectivity index (χ0n) is 11.3. The minimum atomic E-state index is -1.05. The van der Waals surface area contributed by atoms with E-state index in [4.69, 9.17) is 5.11 Å². The molecule has 2 heterocycles. The minimum Gasteiger partial charge on any atom is -0.477 e. The second kappa shape index (κ2) is 5.36. The topological polar surface area (TPSA) is 83.0 Å². The zero-order valence-corrected chi connectivity index (χ0v) is 11.3. The van der Waals surface area contributed by atoms with Gasteiger partial charge in [0.05, 0.1) is 5.69 Å². The highest BCUT2D eigenvalue weighted by atomic mass is 16.4. The Morgan fingerprint density at radius 2 is 1.95 bits per heavy atom. The fraction of sp³-hybridized carbons (Fsp3) is 0.188. The van der Waals surface area contributed by atoms with Gasteiger partial charge in [-0.1, -0.05) is 6.07 Å². The smallest absolute Gasteiger partial charge is 0.354 e. The molecule has 0 saturated carbocycles. The summed E-state index contributed by atoms with van der Waals surface area (Å²) in [4.78, 5) is 29.9. The summed E-state index contributed by atoms with van der Waals surface area (Å²) in [5.41, 5.74) is 3.12. The molecule has 1 aliphatic carbocycles. The normalized spacial score (nSPS) is 14.5. The number of aromatic carboxylic acids is 1. The molecular formula is C16H14N2O3. The van der Waals surface area contributed by atoms with E-state index >= 15 is 0 Å². The third-order valence-corrected chi connectivity index (χ3v) is 3.64. The third kappa shape index (κ3) is 2.50. The van der Waals surface area contributed by atoms with Gasteiger partial charge in [-0.2, -0.15) is 0 Å². The van der Waals surface area contributed by atoms with Crippen LogP contribution in [-0.2, 0) is 0 Å². The molecule has 106 valence electrons. The molecule has 0 atom stereocenters. The van der Waals surface area contributed by atoms with Crippen LogP contribution in [0.2, 0.25) is 0 Å². The van der Waals surface area contributed by atoms with Crippen molar-refractivity contribution in [3.05, 3.63) is 63.8 Å². The van der Waals surface area contributed by atoms with Crippen molar-refractivity contribution in [2.45, 2.75) is 19.3 Å². The van der Waals surface area contributed by atoms with Gasteiger partial charge in [0.1, 0.15) is 5.69 Å². The molecule has 0 radical (unpaired) electrons. The van der Waals surface area contributed by atoms with Gasteiger partial charge in [0.15, 0.2) is 0 Å². The van der Waals surface area contributed by atoms with Gasteiger partial charge in [0, 0.05) is 11.8 Å². The van der Waals surface area contributed by atoms with Crippen molar-refractivity contribution in [1.82, 2.24) is 9.97 Å². The first-order valence-electron chi connectivity index (χ1n) is 6.77. The lowest BCUT2D eigenvalue weighted by Crippen LogP contribution is -2.10. The van der Waals surface area contributed by atoms with Crippen LogP contribution < -0.4 is 5.56 Å². The zero-order chi connectivity index (χ0) is 14.8. The lowest BCUT2D eigenvalue weighted by molar-refractivity contribution is 0.0690. The Kier molecular flexibility index (Phi) is 3.39. The van der Waals surface area contributed by atoms with Crippen molar-refractivity contribution >= 4 is 17.1 Å². The quantitative estimate of drug-likeness (QED) is 0.906. The maximum atomic E-state index is 12.0. The van der Waals surface area contributed by atoms with E-state index in [9.17, 15) is 9.59 Å². The molecule has 0 bridgehead atoms. The van der Waals surface area contributed by atoms with Crippen LogP contribution in [0.3, 0.4) is 0 Å². The maximum absolute atomic E-state index is 12.0. The predicted molar refractivity (Wildman–Crippen MR) is 78.9 cm³/mol. The fourth-order valence-corrected chi connectivity index (χ4v) is 2.70. The van der Waals surface area contributed by atoms with Gasteiger partial charge >= 0.3 is 5.97 Å². The number of allylic oxidation sites excluding steroid dienone is 2. The fourth-order valence-electron chi connectivity index (χ4n) is 2.70. The Bertz CT molecular complexity index is 790. The average Bonchev–Trinajstić information content (AvgIpc) is 2.97. The first-order valence-corrected chi connectivity index (χ1v) is 6.77. The first-order chi connectivity index (χ1) is 10.2. The number of pyridine rings is 2. The number of aromatic amines is 1. The van der Waals surface area contributed by atoms with Crippen molar-refractivity contribution in [2.75, 3.05) is 0 Å². The highest BCUT2D eigenvalue weighted by molar-refractivity contribution is 5.92. The van der Waals surface area contributed by atoms with Crippen LogP contribution in [-0.4, -0.2) is 21.0 Å². The minimum absolute atomic E-state index is 0.0215. The Labute approximate surface area is 121 Å². The molecule has 21 heavy (non-hydrogen) atoms. The van der Waals surface area contributed by atoms with Gasteiger partial charge in [-0.15, -0.1) is 0 Å². The van der Waals surface area contributed by atoms with Gasteiger partial charge in [-0.25, -0.2) is 9.78 Å². The lowest BCUT2D eigenvalue weighted by atomic mass is 10.0. The van der Waals surface area contributed by atoms with Crippen molar-refractivity contribution in [1.29, 1.82) is 0 Å². The number of carbonyl (C=O) groups is 1. The summed E-state index contributed by atoms with van der Waals surface area (Å²) in [6.45, 7) is 0. The van der Waals surface area contributed by atoms with Gasteiger partial charge < -0.3 is 10.1 Å². The van der Waals surface area contributed by atoms with E-state index in [1.54, 1.807) is 30.5 Å². The summed E-state index contributed by atoms with van der Waals surface area (Å²) in [5, 5.41) is 9.05. The Hall–Kier alpha value is -2.69. The molecule has 3 rings (SSSR count). The van der Waals surface area contributed by atoms with Gasteiger partial charge in [0.25, 0.3) is 5.56 Å². The molecule has 2 N–H and O–H groups in total. The standard InChI is InChI=1S/C16H14N2O3/c19-15-12(6-3-9-17-15)10-4-1-5-11(10)13-7-2-8-14(18-13)16(20)21/h2-3,6-9H,1,4-5H2,(H,17,19)(H,20,21). The van der Waals surface area contributed by atoms with E-state index < -0.39 is 5.97 Å². The Balaban J connectivity index is 2.14. The summed E-state index contributed by atoms with van der Waals surface area (Å²) in [6, 6.07) is 8.53. The molecule has 0 unspecified atom stereocenters. The molecular weight excluding hydrogens is 268 g/mol. The highest BCUT2D eigenvalue weighted by Crippen LogP contribution is 2.37. The molecule has 5 heteroatoms. The van der Waals surface area contributed by atoms with Crippen LogP contribution in [0.25, 0.3) is 11.1 Å². The van der Waals surface area contributed by atoms with E-state index in [0.29, 0.717) is 11.3 Å². The molecule has 2 aromatic heterocycles. The summed E-state index contributed by atoms with van der Waals surface area (Å²) < 4.78 is 0. The van der Waals surface area contributed by atoms with Gasteiger partial charge in [-0.05, 0) is 54.7 Å². The number of H-pyrrole nitrogens is 1. The van der Waals surface area contributed by atoms with Crippen molar-refractivity contribution < 1.29 is 9.90 Å². The average molecular weight is 282 g/mol. The number of hydrogen-bond donors (Lipinski definition) is 2. The lowest BCUT2D eigenvalue weighted by Gasteiger charge is -2.07. The molecule has 0 fully saturated rings. The second-order valence-corrected chi connectivity index (χ2v) is 4.94. The number of nitrogens with one attached hydrogen (secondary N) is 1. The van der Waals surface area contributed by atoms with E-state index in [1.807, 2.05) is 0 Å². The van der Waals surface area contributed by atoms with E-state index in [0.717, 1.165) is 30.4 Å². The van der Waals surface area contributed by atoms with Crippen molar-refractivity contribution in [3.63, 3.8) is 0 Å². The van der Waals surface area contributed by atoms with Crippen LogP contribution in [0, 0.1) is 0 Å². The molecule has 0 amide bonds. The highest BCUT2D eigenvalue weighted by Gasteiger charge is 2.21. The van der Waals surface area contributed by atoms with Crippen LogP contribution >= 0.6 is 0 Å². The molecule has 0 spiro atoms. The van der Waals surface area contributed by atoms with Crippen LogP contribution in [0.1, 0.15) is 41.0 Å². The van der Waals surface area contributed by atoms with E-state index in [1.165, 1.54) is 6.07 Å². The number of rotatable bonds is 3.